The first-order chi connectivity index (χ1) is 14.6. The zero-order chi connectivity index (χ0) is 21.1. The second-order valence-corrected chi connectivity index (χ2v) is 7.07. The van der Waals surface area contributed by atoms with Crippen LogP contribution in [0.15, 0.2) is 84.6 Å². The van der Waals surface area contributed by atoms with E-state index in [1.807, 2.05) is 73.7 Å². The van der Waals surface area contributed by atoms with Gasteiger partial charge in [-0.2, -0.15) is 0 Å². The molecule has 30 heavy (non-hydrogen) atoms. The van der Waals surface area contributed by atoms with Crippen LogP contribution in [0.4, 0.5) is 5.69 Å². The molecular weight excluding hydrogens is 376 g/mol. The average molecular weight is 398 g/mol. The van der Waals surface area contributed by atoms with Crippen LogP contribution in [-0.4, -0.2) is 23.8 Å². The van der Waals surface area contributed by atoms with Gasteiger partial charge >= 0.3 is 0 Å². The zero-order valence-corrected chi connectivity index (χ0v) is 16.9. The highest BCUT2D eigenvalue weighted by Gasteiger charge is 2.40. The van der Waals surface area contributed by atoms with Crippen LogP contribution in [0.2, 0.25) is 0 Å². The van der Waals surface area contributed by atoms with Crippen LogP contribution in [0, 0.1) is 6.92 Å². The molecule has 4 rings (SSSR count). The van der Waals surface area contributed by atoms with Gasteiger partial charge in [0.05, 0.1) is 19.2 Å². The summed E-state index contributed by atoms with van der Waals surface area (Å²) in [5.41, 5.74) is 3.81. The fourth-order valence-electron chi connectivity index (χ4n) is 3.55. The topological polar surface area (TPSA) is 58.6 Å². The molecule has 0 spiro atoms. The number of amides is 2. The van der Waals surface area contributed by atoms with E-state index < -0.39 is 0 Å². The summed E-state index contributed by atoms with van der Waals surface area (Å²) < 4.78 is 5.47. The molecule has 0 bridgehead atoms. The number of carbonyl (C=O) groups excluding carboxylic acids is 2. The first kappa shape index (κ1) is 19.5. The average Bonchev–Trinajstić information content (AvgIpc) is 3.00. The number of para-hydroxylation sites is 2. The summed E-state index contributed by atoms with van der Waals surface area (Å²) >= 11 is 0. The summed E-state index contributed by atoms with van der Waals surface area (Å²) in [6, 6.07) is 24.4. The number of hydrogen-bond donors (Lipinski definition) is 1. The van der Waals surface area contributed by atoms with Crippen LogP contribution in [0.3, 0.4) is 0 Å². The van der Waals surface area contributed by atoms with Crippen molar-refractivity contribution in [1.82, 2.24) is 4.90 Å². The summed E-state index contributed by atoms with van der Waals surface area (Å²) in [7, 11) is 1.55. The van der Waals surface area contributed by atoms with Crippen LogP contribution < -0.4 is 10.1 Å². The number of aryl methyl sites for hydroxylation is 1. The second-order valence-electron chi connectivity index (χ2n) is 7.07. The molecule has 0 fully saturated rings. The molecule has 0 aliphatic carbocycles. The Morgan fingerprint density at radius 2 is 1.50 bits per heavy atom. The molecule has 1 aliphatic rings. The molecule has 1 N–H and O–H groups in total. The Kier molecular flexibility index (Phi) is 5.35. The third-order valence-corrected chi connectivity index (χ3v) is 5.13. The number of methoxy groups -OCH3 is 1. The summed E-state index contributed by atoms with van der Waals surface area (Å²) in [5, 5.41) is 3.22. The van der Waals surface area contributed by atoms with Crippen molar-refractivity contribution in [2.45, 2.75) is 13.5 Å². The van der Waals surface area contributed by atoms with E-state index in [1.165, 1.54) is 4.90 Å². The van der Waals surface area contributed by atoms with Gasteiger partial charge in [-0.05, 0) is 30.2 Å². The molecule has 3 aromatic rings. The van der Waals surface area contributed by atoms with E-state index in [9.17, 15) is 9.59 Å². The summed E-state index contributed by atoms with van der Waals surface area (Å²) in [6.07, 6.45) is 0. The Labute approximate surface area is 175 Å². The Morgan fingerprint density at radius 1 is 0.833 bits per heavy atom. The summed E-state index contributed by atoms with van der Waals surface area (Å²) in [5.74, 6) is -0.156. The maximum Gasteiger partial charge on any atom is 0.278 e. The van der Waals surface area contributed by atoms with Crippen molar-refractivity contribution in [3.8, 4) is 5.75 Å². The van der Waals surface area contributed by atoms with Gasteiger partial charge in [-0.1, -0.05) is 66.7 Å². The minimum atomic E-state index is -0.354. The molecule has 0 atom stereocenters. The van der Waals surface area contributed by atoms with Gasteiger partial charge < -0.3 is 10.1 Å². The fourth-order valence-corrected chi connectivity index (χ4v) is 3.55. The van der Waals surface area contributed by atoms with Crippen LogP contribution in [0.5, 0.6) is 5.75 Å². The molecule has 2 amide bonds. The third kappa shape index (κ3) is 3.57. The highest BCUT2D eigenvalue weighted by molar-refractivity contribution is 6.37. The van der Waals surface area contributed by atoms with E-state index in [4.69, 9.17) is 4.74 Å². The van der Waals surface area contributed by atoms with Gasteiger partial charge in [0, 0.05) is 11.3 Å². The molecule has 150 valence electrons. The third-order valence-electron chi connectivity index (χ3n) is 5.13. The first-order valence-corrected chi connectivity index (χ1v) is 9.70. The number of anilines is 1. The van der Waals surface area contributed by atoms with E-state index in [0.717, 1.165) is 16.8 Å². The Hall–Kier alpha value is -3.86. The lowest BCUT2D eigenvalue weighted by Crippen LogP contribution is -2.32. The number of ether oxygens (including phenoxy) is 1. The van der Waals surface area contributed by atoms with Crippen molar-refractivity contribution >= 4 is 23.1 Å². The molecule has 1 aliphatic heterocycles. The maximum absolute atomic E-state index is 13.4. The predicted octanol–water partition coefficient (Wildman–Crippen LogP) is 4.40. The van der Waals surface area contributed by atoms with Gasteiger partial charge in [0.25, 0.3) is 11.8 Å². The van der Waals surface area contributed by atoms with Gasteiger partial charge in [-0.15, -0.1) is 0 Å². The van der Waals surface area contributed by atoms with Crippen molar-refractivity contribution in [3.63, 3.8) is 0 Å². The number of nitrogens with one attached hydrogen (secondary N) is 1. The monoisotopic (exact) mass is 398 g/mol. The highest BCUT2D eigenvalue weighted by atomic mass is 16.5. The molecular formula is C25H22N2O3. The van der Waals surface area contributed by atoms with Crippen LogP contribution in [-0.2, 0) is 16.1 Å². The van der Waals surface area contributed by atoms with Crippen LogP contribution >= 0.6 is 0 Å². The molecule has 5 heteroatoms. The lowest BCUT2D eigenvalue weighted by molar-refractivity contribution is -0.137. The summed E-state index contributed by atoms with van der Waals surface area (Å²) in [6.45, 7) is 2.16. The molecule has 3 aromatic carbocycles. The SMILES string of the molecule is COc1ccccc1C1=C(Nc2ccccc2C)C(=O)N(Cc2ccccc2)C1=O. The fraction of sp³-hybridized carbons (Fsp3) is 0.120. The van der Waals surface area contributed by atoms with Crippen LogP contribution in [0.25, 0.3) is 5.57 Å². The van der Waals surface area contributed by atoms with Crippen molar-refractivity contribution in [2.24, 2.45) is 0 Å². The number of carbonyl (C=O) groups is 2. The van der Waals surface area contributed by atoms with E-state index in [1.54, 1.807) is 19.2 Å². The van der Waals surface area contributed by atoms with Gasteiger partial charge in [-0.25, -0.2) is 0 Å². The van der Waals surface area contributed by atoms with E-state index in [2.05, 4.69) is 5.32 Å². The van der Waals surface area contributed by atoms with Crippen molar-refractivity contribution in [1.29, 1.82) is 0 Å². The van der Waals surface area contributed by atoms with Crippen LogP contribution in [0.1, 0.15) is 16.7 Å². The minimum absolute atomic E-state index is 0.204. The number of benzene rings is 3. The first-order valence-electron chi connectivity index (χ1n) is 9.70. The largest absolute Gasteiger partial charge is 0.496 e. The Morgan fingerprint density at radius 3 is 2.23 bits per heavy atom. The molecule has 0 saturated heterocycles. The zero-order valence-electron chi connectivity index (χ0n) is 16.9. The molecule has 0 aromatic heterocycles. The van der Waals surface area contributed by atoms with Gasteiger partial charge in [0.15, 0.2) is 0 Å². The smallest absolute Gasteiger partial charge is 0.278 e. The highest BCUT2D eigenvalue weighted by Crippen LogP contribution is 2.36. The predicted molar refractivity (Wildman–Crippen MR) is 117 cm³/mol. The van der Waals surface area contributed by atoms with Gasteiger partial charge in [0.1, 0.15) is 11.4 Å². The number of nitrogens with zero attached hydrogens (tertiary/aromatic N) is 1. The molecule has 5 nitrogen and oxygen atoms in total. The molecule has 0 saturated carbocycles. The number of rotatable bonds is 6. The maximum atomic E-state index is 13.4. The van der Waals surface area contributed by atoms with E-state index in [-0.39, 0.29) is 24.1 Å². The van der Waals surface area contributed by atoms with E-state index in [0.29, 0.717) is 16.9 Å². The summed E-state index contributed by atoms with van der Waals surface area (Å²) in [4.78, 5) is 28.1. The molecule has 0 unspecified atom stereocenters. The minimum Gasteiger partial charge on any atom is -0.496 e. The Balaban J connectivity index is 1.80. The molecule has 1 heterocycles. The quantitative estimate of drug-likeness (QED) is 0.626. The van der Waals surface area contributed by atoms with Crippen molar-refractivity contribution in [3.05, 3.63) is 101 Å². The number of imide groups is 1. The standard InChI is InChI=1S/C25H22N2O3/c1-17-10-6-8-14-20(17)26-23-22(19-13-7-9-15-21(19)30-2)24(28)27(25(23)29)16-18-11-4-3-5-12-18/h3-15,26H,16H2,1-2H3. The normalized spacial score (nSPS) is 13.7. The Bertz CT molecular complexity index is 1140. The van der Waals surface area contributed by atoms with E-state index >= 15 is 0 Å². The lowest BCUT2D eigenvalue weighted by atomic mass is 10.0. The molecule has 0 radical (unpaired) electrons. The van der Waals surface area contributed by atoms with Crippen molar-refractivity contribution < 1.29 is 14.3 Å². The lowest BCUT2D eigenvalue weighted by Gasteiger charge is -2.16. The van der Waals surface area contributed by atoms with Crippen molar-refractivity contribution in [2.75, 3.05) is 12.4 Å². The number of hydrogen-bond acceptors (Lipinski definition) is 4. The van der Waals surface area contributed by atoms with Gasteiger partial charge in [0.2, 0.25) is 0 Å². The van der Waals surface area contributed by atoms with Gasteiger partial charge in [-0.3, -0.25) is 14.5 Å². The second kappa shape index (κ2) is 8.25.